The van der Waals surface area contributed by atoms with Crippen LogP contribution in [0.5, 0.6) is 0 Å². The molecule has 8 aliphatic heterocycles. The molecule has 0 unspecified atom stereocenters. The smallest absolute Gasteiger partial charge is 0.364 e. The van der Waals surface area contributed by atoms with Crippen molar-refractivity contribution < 1.29 is 273 Å². The lowest BCUT2D eigenvalue weighted by Gasteiger charge is -2.53. The number of carboxylic acids is 4. The van der Waals surface area contributed by atoms with Crippen molar-refractivity contribution >= 4 is 53.4 Å². The molecule has 0 radical (unpaired) electrons. The Morgan fingerprint density at radius 3 is 1.09 bits per heavy atom. The number of aliphatic hydroxyl groups excluding tert-OH is 27. The summed E-state index contributed by atoms with van der Waals surface area (Å²) < 4.78 is 88.2. The van der Waals surface area contributed by atoms with E-state index >= 15 is 0 Å². The molecule has 0 aliphatic carbocycles. The lowest BCUT2D eigenvalue weighted by atomic mass is 9.87. The molecule has 60 heteroatoms. The maximum atomic E-state index is 14.5. The summed E-state index contributed by atoms with van der Waals surface area (Å²) in [6.07, 6.45) is -95.8. The lowest BCUT2D eigenvalue weighted by molar-refractivity contribution is -0.406. The van der Waals surface area contributed by atoms with Gasteiger partial charge in [-0.2, -0.15) is 0 Å². The molecule has 0 aromatic rings. The number of hydrogen-bond acceptors (Lipinski definition) is 51. The zero-order chi connectivity index (χ0) is 97.3. The average Bonchev–Trinajstić information content (AvgIpc) is 0.745. The van der Waals surface area contributed by atoms with Crippen molar-refractivity contribution in [3.05, 3.63) is 0 Å². The SMILES string of the molecule is CC(=O)N[C@H]1[C@H](O[C@@H]2[C@H](O[C@]3(C(=O)O)C[C@H](O)[C@@H](NC(C)=O)[C@H]([C@H](O)[C@@H](CO)O[C@]4(C(=O)O)C[C@H](O)[C@@H](NC(C)=O)[C@H]([C@H](O)[C@H](O)CO)O4)O3)[C@@H](O)[C@H](O[C@H]3[C@H](O)[C@@H](O)[C@H](O)O[C@@H]3CO)O[C@@H]2CO)O[C@H](CO[C@]2(C(=O)O)C[C@H](O)[C@@H](NC(=O)CO)[C@H]([C@H](O)[C@H](O)CO)O2)[C@H](O)[C@@H]1O[C@@H]1O[C@H](CO)[C@H](O)[C@H](O[C@]2(C(=O)O)C[C@H](O)[C@@H](NC(=O)CO)[C@H]([C@H](O)[C@H](O)CO)O2)[C@H]1O. The molecular weight excluding hydrogens is 1790 g/mol. The summed E-state index contributed by atoms with van der Waals surface area (Å²) in [5, 5.41) is 355. The van der Waals surface area contributed by atoms with Crippen LogP contribution in [0.2, 0.25) is 0 Å². The van der Waals surface area contributed by atoms with Crippen LogP contribution in [0.3, 0.4) is 0 Å². The van der Waals surface area contributed by atoms with Gasteiger partial charge in [0.15, 0.2) is 25.2 Å². The van der Waals surface area contributed by atoms with E-state index in [1.54, 1.807) is 0 Å². The number of carboxylic acid groups (broad SMARTS) is 4. The van der Waals surface area contributed by atoms with E-state index < -0.39 is 413 Å². The second-order valence-corrected chi connectivity index (χ2v) is 31.8. The molecule has 0 bridgehead atoms. The van der Waals surface area contributed by atoms with E-state index in [2.05, 4.69) is 16.0 Å². The summed E-state index contributed by atoms with van der Waals surface area (Å²) in [5.74, 6) is -30.4. The zero-order valence-corrected chi connectivity index (χ0v) is 68.7. The van der Waals surface area contributed by atoms with Crippen molar-refractivity contribution in [3.63, 3.8) is 0 Å². The van der Waals surface area contributed by atoms with Gasteiger partial charge in [0.25, 0.3) is 23.1 Å². The number of aliphatic hydroxyl groups is 27. The molecule has 0 saturated carbocycles. The minimum Gasteiger partial charge on any atom is -0.477 e. The molecular formula is C70H113N5O55. The highest BCUT2D eigenvalue weighted by molar-refractivity contribution is 5.80. The Morgan fingerprint density at radius 2 is 0.685 bits per heavy atom. The first-order chi connectivity index (χ1) is 60.9. The molecule has 0 aromatic heterocycles. The minimum atomic E-state index is -3.95. The van der Waals surface area contributed by atoms with Crippen molar-refractivity contribution in [1.29, 1.82) is 0 Å². The van der Waals surface area contributed by atoms with Crippen molar-refractivity contribution in [2.45, 2.75) is 314 Å². The van der Waals surface area contributed by atoms with Gasteiger partial charge in [0.05, 0.1) is 101 Å². The van der Waals surface area contributed by atoms with Gasteiger partial charge in [-0.25, -0.2) is 19.2 Å². The van der Waals surface area contributed by atoms with Crippen molar-refractivity contribution in [1.82, 2.24) is 26.6 Å². The van der Waals surface area contributed by atoms with E-state index in [1.165, 1.54) is 0 Å². The fourth-order valence-electron chi connectivity index (χ4n) is 16.2. The Hall–Kier alpha value is -6.45. The van der Waals surface area contributed by atoms with Crippen molar-refractivity contribution in [2.24, 2.45) is 0 Å². The van der Waals surface area contributed by atoms with Gasteiger partial charge in [-0.15, -0.1) is 0 Å². The zero-order valence-electron chi connectivity index (χ0n) is 68.7. The molecule has 748 valence electrons. The Kier molecular flexibility index (Phi) is 38.5. The second-order valence-electron chi connectivity index (χ2n) is 31.8. The Bertz CT molecular complexity index is 3760. The molecule has 8 saturated heterocycles. The monoisotopic (exact) mass is 1900 g/mol. The minimum absolute atomic E-state index is 0.682. The summed E-state index contributed by atoms with van der Waals surface area (Å²) in [6, 6.07) is -10.9. The third kappa shape index (κ3) is 23.8. The third-order valence-electron chi connectivity index (χ3n) is 22.8. The van der Waals surface area contributed by atoms with E-state index in [0.29, 0.717) is 6.92 Å². The quantitative estimate of drug-likeness (QED) is 0.0270. The maximum absolute atomic E-state index is 14.5. The number of amides is 5. The molecule has 36 N–H and O–H groups in total. The molecule has 5 amide bonds. The highest BCUT2D eigenvalue weighted by Gasteiger charge is 2.67. The lowest BCUT2D eigenvalue weighted by Crippen LogP contribution is -2.73. The maximum Gasteiger partial charge on any atom is 0.364 e. The van der Waals surface area contributed by atoms with Gasteiger partial charge in [0.1, 0.15) is 184 Å². The summed E-state index contributed by atoms with van der Waals surface area (Å²) >= 11 is 0. The number of hydrogen-bond donors (Lipinski definition) is 36. The number of ether oxygens (including phenoxy) is 15. The first kappa shape index (κ1) is 109. The van der Waals surface area contributed by atoms with Crippen molar-refractivity contribution in [2.75, 3.05) is 66.1 Å². The molecule has 0 spiro atoms. The first-order valence-electron chi connectivity index (χ1n) is 40.0. The van der Waals surface area contributed by atoms with Crippen LogP contribution in [0.1, 0.15) is 46.5 Å². The topological polar surface area (TPSA) is 979 Å². The van der Waals surface area contributed by atoms with Gasteiger partial charge in [-0.3, -0.25) is 24.0 Å². The normalized spacial score (nSPS) is 42.0. The Balaban J connectivity index is 1.31. The predicted octanol–water partition coefficient (Wildman–Crippen LogP) is -23.0. The highest BCUT2D eigenvalue weighted by atomic mass is 16.8. The van der Waals surface area contributed by atoms with Crippen LogP contribution in [0.15, 0.2) is 0 Å². The van der Waals surface area contributed by atoms with E-state index in [-0.39, 0.29) is 0 Å². The molecule has 44 atom stereocenters. The Labute approximate surface area is 730 Å². The molecule has 8 rings (SSSR count). The Morgan fingerprint density at radius 1 is 0.346 bits per heavy atom. The van der Waals surface area contributed by atoms with Gasteiger partial charge >= 0.3 is 23.9 Å². The van der Waals surface area contributed by atoms with Crippen molar-refractivity contribution in [3.8, 4) is 0 Å². The number of carbonyl (C=O) groups is 9. The van der Waals surface area contributed by atoms with E-state index in [4.69, 9.17) is 71.1 Å². The van der Waals surface area contributed by atoms with E-state index in [0.717, 1.165) is 13.8 Å². The molecule has 60 nitrogen and oxygen atoms in total. The summed E-state index contributed by atoms with van der Waals surface area (Å²) in [6.45, 7) is -12.2. The summed E-state index contributed by atoms with van der Waals surface area (Å²) in [7, 11) is 0. The fraction of sp³-hybridized carbons (Fsp3) is 0.871. The van der Waals surface area contributed by atoms with Crippen LogP contribution in [-0.4, -0.2) is 546 Å². The van der Waals surface area contributed by atoms with Crippen LogP contribution in [0.25, 0.3) is 0 Å². The third-order valence-corrected chi connectivity index (χ3v) is 22.8. The summed E-state index contributed by atoms with van der Waals surface area (Å²) in [5.41, 5.74) is 0. The van der Waals surface area contributed by atoms with Crippen LogP contribution in [-0.2, 0) is 114 Å². The second kappa shape index (κ2) is 45.9. The van der Waals surface area contributed by atoms with Gasteiger partial charge in [-0.05, 0) is 0 Å². The molecule has 0 aromatic carbocycles. The van der Waals surface area contributed by atoms with Crippen LogP contribution in [0, 0.1) is 0 Å². The number of nitrogens with one attached hydrogen (secondary N) is 5. The van der Waals surface area contributed by atoms with Gasteiger partial charge in [0.2, 0.25) is 29.5 Å². The van der Waals surface area contributed by atoms with Crippen LogP contribution in [0.4, 0.5) is 0 Å². The molecule has 8 fully saturated rings. The molecule has 8 heterocycles. The average molecular weight is 1900 g/mol. The fourth-order valence-corrected chi connectivity index (χ4v) is 16.2. The highest BCUT2D eigenvalue weighted by Crippen LogP contribution is 2.45. The number of aliphatic carboxylic acids is 4. The van der Waals surface area contributed by atoms with E-state index in [1.807, 2.05) is 10.6 Å². The van der Waals surface area contributed by atoms with Gasteiger partial charge < -0.3 is 256 Å². The molecule has 130 heavy (non-hydrogen) atoms. The largest absolute Gasteiger partial charge is 0.477 e. The first-order valence-corrected chi connectivity index (χ1v) is 40.0. The van der Waals surface area contributed by atoms with Crippen LogP contribution < -0.4 is 26.6 Å². The number of carbonyl (C=O) groups excluding carboxylic acids is 5. The standard InChI is InChI=1S/C70H113N5O55/c1-18(85)71-35-22(89)5-68(64(110)111,126-53(35)40(97)25(92)8-76)124-29(12-80)44(101)56-36(72-19(2)86)23(90)6-70(128-56,66(114)115)130-58-49(106)62(121-50-30(13-81)117-59(107)47(104)46(50)103)119-31(14-82)51(58)122-60-39(73-20(3)87)52(45(102)32(120-60)17-116-67(63(108)109)4-21(88)37(74-33(95)15-83)54(125-67)41(98)26(93)9-77)123-61-48(105)57(43(100)28(11-79)118-61)129-69(65(112)113)7-24(91)38(75-34(96)16-84)55(127-69)42(99)27(94)10-78/h21-32,35-62,76-84,88-94,97-107H,4-17H2,1-3H3,(H,71,85)(H,72,86)(H,73,87)(H,74,95)(H,75,96)(H,108,109)(H,110,111)(H,112,113)(H,114,115)/t21-,22-,23-,24-,25+,26+,27+,28+,29+,30+,31+,32+,35+,36+,37+,38+,39+,40+,41+,42+,43-,44+,45-,46+,47+,48+,49+,50+,51-,52+,53+,54+,55+,56+,57-,58+,59+,60-,61-,62-,67+,68+,69-,70-/m0/s1. The number of rotatable bonds is 41. The van der Waals surface area contributed by atoms with Gasteiger partial charge in [0, 0.05) is 46.5 Å². The molecule has 8 aliphatic rings. The summed E-state index contributed by atoms with van der Waals surface area (Å²) in [4.78, 5) is 120. The van der Waals surface area contributed by atoms with Gasteiger partial charge in [-0.1, -0.05) is 0 Å². The van der Waals surface area contributed by atoms with E-state index in [9.17, 15) is 201 Å². The van der Waals surface area contributed by atoms with Crippen LogP contribution >= 0.6 is 0 Å². The predicted molar refractivity (Wildman–Crippen MR) is 394 cm³/mol.